The second-order valence-corrected chi connectivity index (χ2v) is 5.81. The number of nitrogens with zero attached hydrogens (tertiary/aromatic N) is 1. The average Bonchev–Trinajstić information content (AvgIpc) is 2.37. The van der Waals surface area contributed by atoms with Crippen molar-refractivity contribution in [3.63, 3.8) is 0 Å². The first-order chi connectivity index (χ1) is 9.02. The fraction of sp³-hybridized carbons (Fsp3) is 0.333. The summed E-state index contributed by atoms with van der Waals surface area (Å²) in [6, 6.07) is 4.79. The quantitative estimate of drug-likeness (QED) is 0.245. The highest BCUT2D eigenvalue weighted by atomic mass is 32.2. The average molecular weight is 300 g/mol. The Kier molecular flexibility index (Phi) is 6.58. The number of aromatic hydroxyl groups is 1. The Labute approximate surface area is 120 Å². The molecule has 0 aliphatic rings. The number of thioether (sulfide) groups is 2. The number of rotatable bonds is 6. The van der Waals surface area contributed by atoms with Crippen LogP contribution in [-0.4, -0.2) is 39.8 Å². The van der Waals surface area contributed by atoms with Crippen molar-refractivity contribution in [2.75, 3.05) is 24.3 Å². The Morgan fingerprint density at radius 1 is 1.47 bits per heavy atom. The van der Waals surface area contributed by atoms with Crippen molar-refractivity contribution in [1.82, 2.24) is 0 Å². The van der Waals surface area contributed by atoms with Gasteiger partial charge < -0.3 is 15.9 Å². The lowest BCUT2D eigenvalue weighted by atomic mass is 10.3. The van der Waals surface area contributed by atoms with Crippen molar-refractivity contribution in [3.8, 4) is 5.75 Å². The fourth-order valence-corrected chi connectivity index (χ4v) is 3.21. The molecular formula is C12H16N2O3S2. The SMILES string of the molecule is CN=C(CSc1cc(O)ccc1N)SCCC(=O)O. The number of carbonyl (C=O) groups is 1. The number of phenolic OH excluding ortho intramolecular Hbond substituents is 1. The molecule has 0 aliphatic heterocycles. The molecule has 19 heavy (non-hydrogen) atoms. The van der Waals surface area contributed by atoms with Gasteiger partial charge in [0.1, 0.15) is 5.75 Å². The summed E-state index contributed by atoms with van der Waals surface area (Å²) in [6.45, 7) is 0. The van der Waals surface area contributed by atoms with Gasteiger partial charge in [0.2, 0.25) is 0 Å². The molecular weight excluding hydrogens is 284 g/mol. The summed E-state index contributed by atoms with van der Waals surface area (Å²) in [7, 11) is 1.68. The maximum Gasteiger partial charge on any atom is 0.304 e. The lowest BCUT2D eigenvalue weighted by Gasteiger charge is -2.07. The summed E-state index contributed by atoms with van der Waals surface area (Å²) in [5.74, 6) is 0.463. The summed E-state index contributed by atoms with van der Waals surface area (Å²) < 4.78 is 0. The first-order valence-corrected chi connectivity index (χ1v) is 7.51. The van der Waals surface area contributed by atoms with E-state index in [9.17, 15) is 9.90 Å². The molecule has 0 aliphatic carbocycles. The molecule has 0 radical (unpaired) electrons. The lowest BCUT2D eigenvalue weighted by molar-refractivity contribution is -0.136. The molecule has 104 valence electrons. The van der Waals surface area contributed by atoms with Crippen LogP contribution in [0.2, 0.25) is 0 Å². The number of carboxylic acid groups (broad SMARTS) is 1. The van der Waals surface area contributed by atoms with E-state index in [1.807, 2.05) is 0 Å². The molecule has 0 bridgehead atoms. The van der Waals surface area contributed by atoms with Gasteiger partial charge in [-0.3, -0.25) is 9.79 Å². The largest absolute Gasteiger partial charge is 0.508 e. The molecule has 0 unspecified atom stereocenters. The van der Waals surface area contributed by atoms with Gasteiger partial charge in [-0.1, -0.05) is 0 Å². The van der Waals surface area contributed by atoms with Crippen LogP contribution in [0.25, 0.3) is 0 Å². The highest BCUT2D eigenvalue weighted by Gasteiger charge is 2.06. The van der Waals surface area contributed by atoms with Crippen molar-refractivity contribution >= 4 is 40.2 Å². The zero-order valence-corrected chi connectivity index (χ0v) is 12.1. The summed E-state index contributed by atoms with van der Waals surface area (Å²) >= 11 is 2.89. The molecule has 0 heterocycles. The molecule has 0 saturated heterocycles. The lowest BCUT2D eigenvalue weighted by Crippen LogP contribution is -2.02. The number of aliphatic carboxylic acids is 1. The Morgan fingerprint density at radius 2 is 2.21 bits per heavy atom. The van der Waals surface area contributed by atoms with Gasteiger partial charge in [-0.25, -0.2) is 0 Å². The number of carboxylic acids is 1. The second-order valence-electron chi connectivity index (χ2n) is 3.62. The first kappa shape index (κ1) is 15.7. The van der Waals surface area contributed by atoms with Gasteiger partial charge in [0.15, 0.2) is 0 Å². The highest BCUT2D eigenvalue weighted by molar-refractivity contribution is 8.16. The minimum Gasteiger partial charge on any atom is -0.508 e. The molecule has 1 rings (SSSR count). The van der Waals surface area contributed by atoms with E-state index in [1.165, 1.54) is 29.6 Å². The van der Waals surface area contributed by atoms with Gasteiger partial charge in [0.25, 0.3) is 0 Å². The van der Waals surface area contributed by atoms with Crippen LogP contribution in [-0.2, 0) is 4.79 Å². The third-order valence-corrected chi connectivity index (χ3v) is 4.52. The zero-order chi connectivity index (χ0) is 14.3. The minimum atomic E-state index is -0.812. The van der Waals surface area contributed by atoms with Crippen LogP contribution >= 0.6 is 23.5 Å². The van der Waals surface area contributed by atoms with Crippen LogP contribution in [0.15, 0.2) is 28.1 Å². The van der Waals surface area contributed by atoms with E-state index >= 15 is 0 Å². The Morgan fingerprint density at radius 3 is 2.84 bits per heavy atom. The Bertz CT molecular complexity index is 478. The second kappa shape index (κ2) is 7.96. The van der Waals surface area contributed by atoms with E-state index in [0.29, 0.717) is 17.2 Å². The smallest absolute Gasteiger partial charge is 0.304 e. The van der Waals surface area contributed by atoms with Gasteiger partial charge in [-0.2, -0.15) is 0 Å². The topological polar surface area (TPSA) is 95.9 Å². The van der Waals surface area contributed by atoms with Crippen molar-refractivity contribution in [2.24, 2.45) is 4.99 Å². The summed E-state index contributed by atoms with van der Waals surface area (Å²) in [4.78, 5) is 15.3. The standard InChI is InChI=1S/C12H16N2O3S2/c1-14-11(18-5-4-12(16)17)7-19-10-6-8(15)2-3-9(10)13/h2-3,6,15H,4-5,7,13H2,1H3,(H,16,17). The van der Waals surface area contributed by atoms with E-state index in [0.717, 1.165) is 9.94 Å². The monoisotopic (exact) mass is 300 g/mol. The predicted octanol–water partition coefficient (Wildman–Crippen LogP) is 2.30. The molecule has 0 saturated carbocycles. The first-order valence-electron chi connectivity index (χ1n) is 5.54. The van der Waals surface area contributed by atoms with Crippen molar-refractivity contribution in [3.05, 3.63) is 18.2 Å². The molecule has 1 aromatic carbocycles. The van der Waals surface area contributed by atoms with Crippen LogP contribution < -0.4 is 5.73 Å². The number of hydrogen-bond acceptors (Lipinski definition) is 6. The fourth-order valence-electron chi connectivity index (χ4n) is 1.21. The minimum absolute atomic E-state index is 0.114. The van der Waals surface area contributed by atoms with E-state index in [-0.39, 0.29) is 12.2 Å². The summed E-state index contributed by atoms with van der Waals surface area (Å²) in [5, 5.41) is 18.8. The Balaban J connectivity index is 2.49. The van der Waals surface area contributed by atoms with Gasteiger partial charge in [-0.15, -0.1) is 23.5 Å². The van der Waals surface area contributed by atoms with Crippen molar-refractivity contribution < 1.29 is 15.0 Å². The predicted molar refractivity (Wildman–Crippen MR) is 81.3 cm³/mol. The van der Waals surface area contributed by atoms with E-state index < -0.39 is 5.97 Å². The molecule has 0 atom stereocenters. The van der Waals surface area contributed by atoms with Crippen LogP contribution in [0.5, 0.6) is 5.75 Å². The molecule has 5 nitrogen and oxygen atoms in total. The van der Waals surface area contributed by atoms with Gasteiger partial charge in [-0.05, 0) is 18.2 Å². The highest BCUT2D eigenvalue weighted by Crippen LogP contribution is 2.29. The van der Waals surface area contributed by atoms with Crippen LogP contribution in [0.1, 0.15) is 6.42 Å². The number of benzene rings is 1. The van der Waals surface area contributed by atoms with Crippen molar-refractivity contribution in [1.29, 1.82) is 0 Å². The number of nitrogens with two attached hydrogens (primary N) is 1. The third kappa shape index (κ3) is 5.89. The molecule has 1 aromatic rings. The number of anilines is 1. The van der Waals surface area contributed by atoms with Crippen LogP contribution in [0.4, 0.5) is 5.69 Å². The molecule has 0 fully saturated rings. The van der Waals surface area contributed by atoms with E-state index in [2.05, 4.69) is 4.99 Å². The number of nitrogen functional groups attached to an aromatic ring is 1. The van der Waals surface area contributed by atoms with Gasteiger partial charge >= 0.3 is 5.97 Å². The molecule has 0 aromatic heterocycles. The maximum atomic E-state index is 10.4. The zero-order valence-electron chi connectivity index (χ0n) is 10.5. The normalized spacial score (nSPS) is 11.5. The number of aliphatic imine (C=N–C) groups is 1. The molecule has 0 spiro atoms. The molecule has 0 amide bonds. The summed E-state index contributed by atoms with van der Waals surface area (Å²) in [5.41, 5.74) is 6.41. The number of phenols is 1. The Hall–Kier alpha value is -1.34. The third-order valence-electron chi connectivity index (χ3n) is 2.18. The van der Waals surface area contributed by atoms with E-state index in [1.54, 1.807) is 19.2 Å². The number of hydrogen-bond donors (Lipinski definition) is 3. The molecule has 7 heteroatoms. The van der Waals surface area contributed by atoms with Crippen LogP contribution in [0.3, 0.4) is 0 Å². The maximum absolute atomic E-state index is 10.4. The van der Waals surface area contributed by atoms with E-state index in [4.69, 9.17) is 10.8 Å². The summed E-state index contributed by atoms with van der Waals surface area (Å²) in [6.07, 6.45) is 0.114. The van der Waals surface area contributed by atoms with Gasteiger partial charge in [0, 0.05) is 29.1 Å². The van der Waals surface area contributed by atoms with Crippen molar-refractivity contribution in [2.45, 2.75) is 11.3 Å². The molecule has 4 N–H and O–H groups in total. The van der Waals surface area contributed by atoms with Crippen LogP contribution in [0, 0.1) is 0 Å². The van der Waals surface area contributed by atoms with Gasteiger partial charge in [0.05, 0.1) is 11.5 Å².